The van der Waals surface area contributed by atoms with Crippen molar-refractivity contribution in [3.8, 4) is 0 Å². The van der Waals surface area contributed by atoms with Crippen LogP contribution in [0.15, 0.2) is 0 Å². The second-order valence-electron chi connectivity index (χ2n) is 5.00. The van der Waals surface area contributed by atoms with Gasteiger partial charge in [0.2, 0.25) is 0 Å². The second-order valence-corrected chi connectivity index (χ2v) is 5.00. The van der Waals surface area contributed by atoms with E-state index in [1.54, 1.807) is 0 Å². The van der Waals surface area contributed by atoms with E-state index in [0.717, 1.165) is 22.2 Å². The molecule has 0 spiro atoms. The Morgan fingerprint density at radius 1 is 0.688 bits per heavy atom. The summed E-state index contributed by atoms with van der Waals surface area (Å²) in [6, 6.07) is 0. The molecule has 78 valence electrons. The first kappa shape index (κ1) is 13.5. The van der Waals surface area contributed by atoms with Gasteiger partial charge in [-0.3, -0.25) is 0 Å². The summed E-state index contributed by atoms with van der Waals surface area (Å²) in [6.07, 6.45) is 0. The van der Waals surface area contributed by atoms with Crippen molar-refractivity contribution in [2.75, 3.05) is 0 Å². The van der Waals surface area contributed by atoms with Crippen LogP contribution < -0.4 is 16.4 Å². The summed E-state index contributed by atoms with van der Waals surface area (Å²) in [4.78, 5) is 0. The summed E-state index contributed by atoms with van der Waals surface area (Å²) in [7, 11) is 18.3. The van der Waals surface area contributed by atoms with Gasteiger partial charge in [-0.25, -0.2) is 0 Å². The summed E-state index contributed by atoms with van der Waals surface area (Å²) in [5, 5.41) is 0. The van der Waals surface area contributed by atoms with E-state index in [9.17, 15) is 0 Å². The third kappa shape index (κ3) is 2.10. The molecule has 0 aromatic heterocycles. The van der Waals surface area contributed by atoms with E-state index >= 15 is 0 Å². The first-order valence-electron chi connectivity index (χ1n) is 5.75. The standard InChI is InChI=1S/C13H17B3/c1-6(2)9-8(5)11(14)13(16)10(7(3)4)12(9)15/h6-7H,1-5H3. The summed E-state index contributed by atoms with van der Waals surface area (Å²) in [5.41, 5.74) is 5.29. The van der Waals surface area contributed by atoms with Crippen molar-refractivity contribution in [2.45, 2.75) is 46.5 Å². The molecule has 1 aromatic rings. The van der Waals surface area contributed by atoms with Crippen LogP contribution in [0.25, 0.3) is 0 Å². The molecule has 1 aromatic carbocycles. The largest absolute Gasteiger partial charge is 0.114 e. The highest BCUT2D eigenvalue weighted by Crippen LogP contribution is 2.18. The molecule has 0 amide bonds. The normalized spacial score (nSPS) is 11.4. The molecular formula is C13H17B3. The van der Waals surface area contributed by atoms with Crippen LogP contribution >= 0.6 is 0 Å². The first-order valence-corrected chi connectivity index (χ1v) is 5.75. The highest BCUT2D eigenvalue weighted by atomic mass is 14.2. The van der Waals surface area contributed by atoms with Crippen molar-refractivity contribution in [3.63, 3.8) is 0 Å². The van der Waals surface area contributed by atoms with Gasteiger partial charge in [-0.15, -0.1) is 10.9 Å². The van der Waals surface area contributed by atoms with Gasteiger partial charge in [0.25, 0.3) is 0 Å². The second kappa shape index (κ2) is 4.73. The number of rotatable bonds is 2. The van der Waals surface area contributed by atoms with Gasteiger partial charge < -0.3 is 0 Å². The molecule has 0 aliphatic carbocycles. The minimum atomic E-state index is 0.292. The zero-order valence-electron chi connectivity index (χ0n) is 10.9. The van der Waals surface area contributed by atoms with Crippen LogP contribution in [-0.4, -0.2) is 23.5 Å². The minimum Gasteiger partial charge on any atom is -0.100 e. The molecule has 1 rings (SSSR count). The Morgan fingerprint density at radius 3 is 1.50 bits per heavy atom. The van der Waals surface area contributed by atoms with E-state index < -0.39 is 0 Å². The average Bonchev–Trinajstić information content (AvgIpc) is 2.13. The Balaban J connectivity index is 3.66. The minimum absolute atomic E-state index is 0.292. The fraction of sp³-hybridized carbons (Fsp3) is 0.538. The maximum Gasteiger partial charge on any atom is 0.114 e. The molecule has 0 fully saturated rings. The Bertz CT molecular complexity index is 371. The highest BCUT2D eigenvalue weighted by Gasteiger charge is 2.16. The van der Waals surface area contributed by atoms with Crippen LogP contribution in [0, 0.1) is 6.92 Å². The van der Waals surface area contributed by atoms with E-state index in [1.165, 1.54) is 0 Å². The molecule has 0 aliphatic heterocycles. The smallest absolute Gasteiger partial charge is 0.100 e. The molecule has 0 saturated carbocycles. The van der Waals surface area contributed by atoms with Gasteiger partial charge in [-0.05, 0) is 24.3 Å². The number of benzene rings is 1. The molecule has 0 N–H and O–H groups in total. The Morgan fingerprint density at radius 2 is 1.12 bits per heavy atom. The van der Waals surface area contributed by atoms with Crippen LogP contribution in [-0.2, 0) is 0 Å². The molecule has 0 bridgehead atoms. The molecule has 3 heteroatoms. The lowest BCUT2D eigenvalue weighted by Crippen LogP contribution is -2.40. The van der Waals surface area contributed by atoms with Gasteiger partial charge >= 0.3 is 0 Å². The molecule has 0 unspecified atom stereocenters. The van der Waals surface area contributed by atoms with Crippen molar-refractivity contribution in [1.29, 1.82) is 0 Å². The highest BCUT2D eigenvalue weighted by molar-refractivity contribution is 6.52. The lowest BCUT2D eigenvalue weighted by Gasteiger charge is -2.26. The molecule has 0 atom stereocenters. The summed E-state index contributed by atoms with van der Waals surface area (Å²) < 4.78 is 0. The monoisotopic (exact) mass is 206 g/mol. The van der Waals surface area contributed by atoms with E-state index in [0.29, 0.717) is 22.8 Å². The quantitative estimate of drug-likeness (QED) is 0.622. The van der Waals surface area contributed by atoms with Crippen LogP contribution in [0.5, 0.6) is 0 Å². The van der Waals surface area contributed by atoms with Gasteiger partial charge in [-0.2, -0.15) is 0 Å². The van der Waals surface area contributed by atoms with Crippen LogP contribution in [0.2, 0.25) is 0 Å². The lowest BCUT2D eigenvalue weighted by molar-refractivity contribution is 0.845. The fourth-order valence-corrected chi connectivity index (χ4v) is 2.35. The third-order valence-electron chi connectivity index (χ3n) is 3.12. The van der Waals surface area contributed by atoms with Crippen LogP contribution in [0.4, 0.5) is 0 Å². The van der Waals surface area contributed by atoms with E-state index in [1.807, 2.05) is 6.92 Å². The fourth-order valence-electron chi connectivity index (χ4n) is 2.35. The van der Waals surface area contributed by atoms with Crippen LogP contribution in [0.1, 0.15) is 56.2 Å². The Labute approximate surface area is 103 Å². The van der Waals surface area contributed by atoms with E-state index in [-0.39, 0.29) is 0 Å². The first-order chi connectivity index (χ1) is 7.29. The lowest BCUT2D eigenvalue weighted by atomic mass is 9.65. The van der Waals surface area contributed by atoms with Gasteiger partial charge in [0, 0.05) is 0 Å². The van der Waals surface area contributed by atoms with Crippen molar-refractivity contribution in [1.82, 2.24) is 0 Å². The molecule has 16 heavy (non-hydrogen) atoms. The third-order valence-corrected chi connectivity index (χ3v) is 3.12. The van der Waals surface area contributed by atoms with E-state index in [2.05, 4.69) is 27.7 Å². The molecule has 0 aliphatic rings. The Hall–Kier alpha value is -0.585. The predicted molar refractivity (Wildman–Crippen MR) is 75.5 cm³/mol. The van der Waals surface area contributed by atoms with Crippen molar-refractivity contribution >= 4 is 39.9 Å². The maximum absolute atomic E-state index is 6.22. The van der Waals surface area contributed by atoms with Crippen molar-refractivity contribution in [2.24, 2.45) is 0 Å². The van der Waals surface area contributed by atoms with Crippen molar-refractivity contribution in [3.05, 3.63) is 16.7 Å². The summed E-state index contributed by atoms with van der Waals surface area (Å²) >= 11 is 0. The summed E-state index contributed by atoms with van der Waals surface area (Å²) in [6.45, 7) is 10.4. The maximum atomic E-state index is 6.22. The van der Waals surface area contributed by atoms with Gasteiger partial charge in [0.1, 0.15) is 23.5 Å². The van der Waals surface area contributed by atoms with Crippen LogP contribution in [0.3, 0.4) is 0 Å². The zero-order chi connectivity index (χ0) is 12.6. The average molecular weight is 206 g/mol. The molecular weight excluding hydrogens is 189 g/mol. The molecule has 0 heterocycles. The van der Waals surface area contributed by atoms with Gasteiger partial charge in [0.05, 0.1) is 0 Å². The molecule has 6 radical (unpaired) electrons. The number of hydrogen-bond acceptors (Lipinski definition) is 0. The Kier molecular flexibility index (Phi) is 3.99. The van der Waals surface area contributed by atoms with Gasteiger partial charge in [0.15, 0.2) is 0 Å². The van der Waals surface area contributed by atoms with E-state index in [4.69, 9.17) is 23.5 Å². The molecule has 0 nitrogen and oxygen atoms in total. The SMILES string of the molecule is [B]c1c([B])c(C(C)C)c([B])c(C(C)C)c1C. The van der Waals surface area contributed by atoms with Crippen molar-refractivity contribution < 1.29 is 0 Å². The zero-order valence-corrected chi connectivity index (χ0v) is 10.9. The summed E-state index contributed by atoms with van der Waals surface area (Å²) in [5.74, 6) is 0.654. The number of hydrogen-bond donors (Lipinski definition) is 0. The predicted octanol–water partition coefficient (Wildman–Crippen LogP) is 0.623. The topological polar surface area (TPSA) is 0 Å². The van der Waals surface area contributed by atoms with Gasteiger partial charge in [-0.1, -0.05) is 44.3 Å². The molecule has 0 saturated heterocycles.